The Kier molecular flexibility index (Phi) is 4.58. The van der Waals surface area contributed by atoms with Crippen LogP contribution in [-0.4, -0.2) is 13.7 Å². The fraction of sp³-hybridized carbons (Fsp3) is 0.333. The molecule has 1 aromatic carbocycles. The number of rotatable bonds is 4. The summed E-state index contributed by atoms with van der Waals surface area (Å²) >= 11 is 0. The second-order valence-corrected chi connectivity index (χ2v) is 3.63. The predicted octanol–water partition coefficient (Wildman–Crippen LogP) is 1.53. The van der Waals surface area contributed by atoms with E-state index in [1.807, 2.05) is 18.2 Å². The first-order chi connectivity index (χ1) is 6.76. The fourth-order valence-electron chi connectivity index (χ4n) is 1.06. The average Bonchev–Trinajstić information content (AvgIpc) is 2.19. The lowest BCUT2D eigenvalue weighted by molar-refractivity contribution is 0.438. The first-order valence-electron chi connectivity index (χ1n) is 4.23. The molecule has 4 nitrogen and oxygen atoms in total. The maximum Gasteiger partial charge on any atom is 0.0386 e. The van der Waals surface area contributed by atoms with Gasteiger partial charge in [0.05, 0.1) is 0 Å². The molecule has 0 aliphatic rings. The first kappa shape index (κ1) is 11.2. The standard InChI is InChI=1S/C9H13N2O2S/c1-13-14(12)11-9-4-2-3-8(7-9)5-6-10/h2-4,7H,5-6,10H2,1H3/q-1. The van der Waals surface area contributed by atoms with Gasteiger partial charge in [-0.1, -0.05) is 23.0 Å². The summed E-state index contributed by atoms with van der Waals surface area (Å²) in [5.41, 5.74) is 7.16. The summed E-state index contributed by atoms with van der Waals surface area (Å²) in [5, 5.41) is 0. The number of benzene rings is 1. The van der Waals surface area contributed by atoms with Crippen molar-refractivity contribution >= 4 is 16.6 Å². The highest BCUT2D eigenvalue weighted by Gasteiger charge is 1.91. The van der Waals surface area contributed by atoms with Gasteiger partial charge in [-0.25, -0.2) is 0 Å². The Morgan fingerprint density at radius 2 is 2.36 bits per heavy atom. The van der Waals surface area contributed by atoms with E-state index in [2.05, 4.69) is 8.55 Å². The Hall–Kier alpha value is -0.910. The van der Waals surface area contributed by atoms with Gasteiger partial charge in [-0.15, -0.1) is 0 Å². The highest BCUT2D eigenvalue weighted by atomic mass is 32.2. The largest absolute Gasteiger partial charge is 0.441 e. The van der Waals surface area contributed by atoms with Gasteiger partial charge in [0.1, 0.15) is 0 Å². The van der Waals surface area contributed by atoms with Crippen LogP contribution >= 0.6 is 0 Å². The fourth-order valence-corrected chi connectivity index (χ4v) is 1.42. The van der Waals surface area contributed by atoms with Gasteiger partial charge in [0.15, 0.2) is 0 Å². The van der Waals surface area contributed by atoms with Crippen molar-refractivity contribution in [3.8, 4) is 0 Å². The zero-order chi connectivity index (χ0) is 10.4. The van der Waals surface area contributed by atoms with E-state index in [0.29, 0.717) is 12.2 Å². The highest BCUT2D eigenvalue weighted by molar-refractivity contribution is 7.69. The monoisotopic (exact) mass is 213 g/mol. The van der Waals surface area contributed by atoms with Gasteiger partial charge >= 0.3 is 0 Å². The van der Waals surface area contributed by atoms with Crippen LogP contribution in [0.25, 0.3) is 0 Å². The van der Waals surface area contributed by atoms with Crippen LogP contribution in [0.2, 0.25) is 0 Å². The van der Waals surface area contributed by atoms with Crippen molar-refractivity contribution in [1.82, 2.24) is 0 Å². The summed E-state index contributed by atoms with van der Waals surface area (Å²) in [6, 6.07) is 7.44. The molecule has 0 aliphatic heterocycles. The Morgan fingerprint density at radius 3 is 3.00 bits per heavy atom. The molecule has 0 saturated heterocycles. The van der Waals surface area contributed by atoms with Crippen LogP contribution in [0.4, 0.5) is 5.69 Å². The van der Waals surface area contributed by atoms with Gasteiger partial charge in [-0.2, -0.15) is 0 Å². The third-order valence-corrected chi connectivity index (χ3v) is 2.31. The molecule has 0 fully saturated rings. The molecule has 2 N–H and O–H groups in total. The lowest BCUT2D eigenvalue weighted by Gasteiger charge is -2.04. The zero-order valence-corrected chi connectivity index (χ0v) is 8.79. The molecular formula is C9H13N2O2S-. The quantitative estimate of drug-likeness (QED) is 0.771. The molecule has 14 heavy (non-hydrogen) atoms. The van der Waals surface area contributed by atoms with Gasteiger partial charge in [0.2, 0.25) is 0 Å². The van der Waals surface area contributed by atoms with E-state index in [0.717, 1.165) is 12.0 Å². The molecule has 1 rings (SSSR count). The molecule has 0 aromatic heterocycles. The number of nitrogens with zero attached hydrogens (tertiary/aromatic N) is 1. The van der Waals surface area contributed by atoms with E-state index in [1.54, 1.807) is 6.07 Å². The molecule has 0 unspecified atom stereocenters. The summed E-state index contributed by atoms with van der Waals surface area (Å²) in [4.78, 5) is 0. The maximum atomic E-state index is 10.9. The van der Waals surface area contributed by atoms with Crippen molar-refractivity contribution in [2.75, 3.05) is 13.7 Å². The summed E-state index contributed by atoms with van der Waals surface area (Å²) in [7, 11) is -0.246. The molecular weight excluding hydrogens is 200 g/mol. The molecule has 0 amide bonds. The lowest BCUT2D eigenvalue weighted by atomic mass is 10.1. The average molecular weight is 213 g/mol. The summed E-state index contributed by atoms with van der Waals surface area (Å²) in [5.74, 6) is 0. The topological polar surface area (TPSA) is 64.7 Å². The predicted molar refractivity (Wildman–Crippen MR) is 56.3 cm³/mol. The molecule has 0 bridgehead atoms. The molecule has 0 aliphatic carbocycles. The van der Waals surface area contributed by atoms with Crippen LogP contribution in [-0.2, 0) is 25.7 Å². The van der Waals surface area contributed by atoms with Crippen LogP contribution in [0.5, 0.6) is 0 Å². The SMILES string of the molecule is CO[S-](=O)=Nc1cccc(CCN)c1. The lowest BCUT2D eigenvalue weighted by Crippen LogP contribution is -2.02. The van der Waals surface area contributed by atoms with Crippen LogP contribution in [0.15, 0.2) is 28.6 Å². The third kappa shape index (κ3) is 3.45. The van der Waals surface area contributed by atoms with E-state index in [-0.39, 0.29) is 0 Å². The van der Waals surface area contributed by atoms with Crippen molar-refractivity contribution < 1.29 is 8.39 Å². The second kappa shape index (κ2) is 5.74. The molecule has 0 radical (unpaired) electrons. The van der Waals surface area contributed by atoms with E-state index in [9.17, 15) is 4.21 Å². The minimum atomic E-state index is -1.60. The van der Waals surface area contributed by atoms with Gasteiger partial charge < -0.3 is 18.5 Å². The molecule has 0 saturated carbocycles. The van der Waals surface area contributed by atoms with Gasteiger partial charge in [0.25, 0.3) is 0 Å². The van der Waals surface area contributed by atoms with Gasteiger partial charge in [0, 0.05) is 12.8 Å². The maximum absolute atomic E-state index is 10.9. The second-order valence-electron chi connectivity index (χ2n) is 2.68. The van der Waals surface area contributed by atoms with Crippen molar-refractivity contribution in [2.45, 2.75) is 6.42 Å². The smallest absolute Gasteiger partial charge is 0.0386 e. The minimum absolute atomic E-state index is 0.594. The Morgan fingerprint density at radius 1 is 1.57 bits per heavy atom. The summed E-state index contributed by atoms with van der Waals surface area (Å²) < 4.78 is 19.3. The van der Waals surface area contributed by atoms with Crippen molar-refractivity contribution in [1.29, 1.82) is 0 Å². The van der Waals surface area contributed by atoms with Crippen molar-refractivity contribution in [2.24, 2.45) is 10.1 Å². The van der Waals surface area contributed by atoms with Crippen LogP contribution in [0, 0.1) is 0 Å². The zero-order valence-electron chi connectivity index (χ0n) is 7.97. The molecule has 1 aromatic rings. The molecule has 78 valence electrons. The van der Waals surface area contributed by atoms with Gasteiger partial charge in [-0.3, -0.25) is 0 Å². The highest BCUT2D eigenvalue weighted by Crippen LogP contribution is 2.14. The minimum Gasteiger partial charge on any atom is -0.441 e. The number of hydrogen-bond acceptors (Lipinski definition) is 5. The van der Waals surface area contributed by atoms with Crippen LogP contribution in [0.3, 0.4) is 0 Å². The molecule has 0 heterocycles. The van der Waals surface area contributed by atoms with E-state index < -0.39 is 10.9 Å². The Labute approximate surface area is 85.5 Å². The normalized spacial score (nSPS) is 13.0. The number of nitrogens with two attached hydrogens (primary N) is 1. The van der Waals surface area contributed by atoms with E-state index >= 15 is 0 Å². The van der Waals surface area contributed by atoms with Crippen LogP contribution in [0.1, 0.15) is 5.56 Å². The van der Waals surface area contributed by atoms with Crippen molar-refractivity contribution in [3.63, 3.8) is 0 Å². The van der Waals surface area contributed by atoms with E-state index in [1.165, 1.54) is 7.11 Å². The Bertz CT molecular complexity index is 373. The Balaban J connectivity index is 2.88. The first-order valence-corrected chi connectivity index (χ1v) is 5.26. The van der Waals surface area contributed by atoms with E-state index in [4.69, 9.17) is 5.73 Å². The van der Waals surface area contributed by atoms with Gasteiger partial charge in [-0.05, 0) is 30.7 Å². The van der Waals surface area contributed by atoms with Crippen molar-refractivity contribution in [3.05, 3.63) is 29.8 Å². The summed E-state index contributed by atoms with van der Waals surface area (Å²) in [6.07, 6.45) is 0.795. The number of hydrogen-bond donors (Lipinski definition) is 1. The summed E-state index contributed by atoms with van der Waals surface area (Å²) in [6.45, 7) is 0.594. The molecule has 5 heteroatoms. The van der Waals surface area contributed by atoms with Crippen LogP contribution < -0.4 is 5.73 Å². The molecule has 0 atom stereocenters. The third-order valence-electron chi connectivity index (χ3n) is 1.67. The molecule has 0 spiro atoms.